The van der Waals surface area contributed by atoms with Crippen LogP contribution in [0.2, 0.25) is 10.0 Å². The van der Waals surface area contributed by atoms with Crippen molar-refractivity contribution in [1.29, 1.82) is 0 Å². The number of hydrogen-bond donors (Lipinski definition) is 5. The molecular weight excluding hydrogens is 660 g/mol. The molecule has 3 aromatic carbocycles. The second-order valence-corrected chi connectivity index (χ2v) is 12.2. The highest BCUT2D eigenvalue weighted by Gasteiger charge is 2.16. The number of nitrogens with zero attached hydrogens (tertiary/aromatic N) is 2. The standard InChI is InChI=1S/C27H24Cl2FN5O3S.H2O4S/c28-21-13-10-17(15-22(21)29)24-23(34-27(32)35-25(24)31)7-2-1-4-16-8-11-19(12-9-16)33-26(36)18-5-3-6-20(14-18)39(30,37)38;1-5(2,3)4/h3,5-6,8-15H,1-2,4,7H2,(H,33,36)(H4,31,32,34,35);(H2,1,2,3,4). The van der Waals surface area contributed by atoms with Gasteiger partial charge in [-0.15, -0.1) is 3.89 Å². The highest BCUT2D eigenvalue weighted by molar-refractivity contribution is 7.86. The van der Waals surface area contributed by atoms with Gasteiger partial charge < -0.3 is 16.8 Å². The SMILES string of the molecule is Nc1nc(N)c(-c2ccc(Cl)c(Cl)c2)c(CCCCc2ccc(NC(=O)c3cccc(S(=O)(=O)F)c3)cc2)n1.O=S(=O)(O)O. The summed E-state index contributed by atoms with van der Waals surface area (Å²) < 4.78 is 67.0. The second kappa shape index (κ2) is 14.7. The van der Waals surface area contributed by atoms with Gasteiger partial charge >= 0.3 is 20.6 Å². The largest absolute Gasteiger partial charge is 0.394 e. The first kappa shape index (κ1) is 34.6. The third kappa shape index (κ3) is 10.7. The lowest BCUT2D eigenvalue weighted by Gasteiger charge is -2.13. The number of hydrogen-bond acceptors (Lipinski definition) is 9. The van der Waals surface area contributed by atoms with Gasteiger partial charge in [-0.05, 0) is 79.3 Å². The topological polar surface area (TPSA) is 216 Å². The Hall–Kier alpha value is -3.86. The number of benzene rings is 3. The summed E-state index contributed by atoms with van der Waals surface area (Å²) in [6, 6.07) is 17.3. The van der Waals surface area contributed by atoms with E-state index >= 15 is 0 Å². The minimum atomic E-state index is -4.90. The molecule has 0 spiro atoms. The van der Waals surface area contributed by atoms with E-state index in [1.165, 1.54) is 12.1 Å². The molecule has 7 N–H and O–H groups in total. The maximum Gasteiger partial charge on any atom is 0.394 e. The van der Waals surface area contributed by atoms with Crippen LogP contribution in [0.1, 0.15) is 34.5 Å². The lowest BCUT2D eigenvalue weighted by molar-refractivity contribution is 0.102. The molecule has 4 rings (SSSR count). The summed E-state index contributed by atoms with van der Waals surface area (Å²) in [5, 5.41) is 3.52. The van der Waals surface area contributed by atoms with Gasteiger partial charge in [0.15, 0.2) is 0 Å². The van der Waals surface area contributed by atoms with Crippen molar-refractivity contribution in [2.24, 2.45) is 0 Å². The van der Waals surface area contributed by atoms with Gasteiger partial charge in [-0.1, -0.05) is 47.5 Å². The van der Waals surface area contributed by atoms with Crippen LogP contribution in [0, 0.1) is 0 Å². The van der Waals surface area contributed by atoms with Gasteiger partial charge in [-0.25, -0.2) is 4.98 Å². The first-order valence-corrected chi connectivity index (χ1v) is 16.1. The molecule has 4 aromatic rings. The van der Waals surface area contributed by atoms with Crippen molar-refractivity contribution in [3.8, 4) is 11.1 Å². The van der Waals surface area contributed by atoms with E-state index < -0.39 is 31.4 Å². The van der Waals surface area contributed by atoms with Crippen molar-refractivity contribution in [3.63, 3.8) is 0 Å². The van der Waals surface area contributed by atoms with Crippen molar-refractivity contribution in [1.82, 2.24) is 9.97 Å². The van der Waals surface area contributed by atoms with E-state index in [4.69, 9.17) is 52.2 Å². The fourth-order valence-electron chi connectivity index (χ4n) is 4.06. The number of halogens is 3. The van der Waals surface area contributed by atoms with Gasteiger partial charge in [0, 0.05) is 16.8 Å². The van der Waals surface area contributed by atoms with E-state index in [0.29, 0.717) is 27.7 Å². The maximum atomic E-state index is 13.2. The van der Waals surface area contributed by atoms with Gasteiger partial charge in [0.05, 0.1) is 20.6 Å². The zero-order chi connectivity index (χ0) is 32.7. The zero-order valence-electron chi connectivity index (χ0n) is 22.6. The van der Waals surface area contributed by atoms with Crippen molar-refractivity contribution < 1.29 is 34.6 Å². The summed E-state index contributed by atoms with van der Waals surface area (Å²) >= 11 is 12.2. The summed E-state index contributed by atoms with van der Waals surface area (Å²) in [6.07, 6.45) is 3.05. The molecule has 0 aliphatic heterocycles. The highest BCUT2D eigenvalue weighted by atomic mass is 35.5. The van der Waals surface area contributed by atoms with Gasteiger partial charge in [0.1, 0.15) is 5.82 Å². The summed E-state index contributed by atoms with van der Waals surface area (Å²) in [6.45, 7) is 0. The fraction of sp³-hybridized carbons (Fsp3) is 0.148. The molecule has 44 heavy (non-hydrogen) atoms. The molecule has 0 saturated heterocycles. The number of aromatic nitrogens is 2. The van der Waals surface area contributed by atoms with Gasteiger partial charge in [0.2, 0.25) is 5.95 Å². The lowest BCUT2D eigenvalue weighted by atomic mass is 9.99. The molecule has 234 valence electrons. The average molecular weight is 687 g/mol. The molecule has 1 heterocycles. The van der Waals surface area contributed by atoms with Crippen molar-refractivity contribution in [3.05, 3.63) is 93.6 Å². The molecule has 12 nitrogen and oxygen atoms in total. The lowest BCUT2D eigenvalue weighted by Crippen LogP contribution is -2.12. The van der Waals surface area contributed by atoms with Crippen molar-refractivity contribution >= 4 is 67.2 Å². The number of carbonyl (C=O) groups excluding carboxylic acids is 1. The Bertz CT molecular complexity index is 1870. The molecular formula is C27H26Cl2FN5O7S2. The molecule has 0 saturated carbocycles. The molecule has 17 heteroatoms. The molecule has 0 fully saturated rings. The Balaban J connectivity index is 0.000000978. The van der Waals surface area contributed by atoms with Gasteiger partial charge in [-0.2, -0.15) is 21.8 Å². The number of aryl methyl sites for hydroxylation is 2. The van der Waals surface area contributed by atoms with Crippen LogP contribution >= 0.6 is 23.2 Å². The van der Waals surface area contributed by atoms with E-state index in [1.807, 2.05) is 18.2 Å². The molecule has 1 aromatic heterocycles. The van der Waals surface area contributed by atoms with Gasteiger partial charge in [0.25, 0.3) is 5.91 Å². The van der Waals surface area contributed by atoms with E-state index in [-0.39, 0.29) is 17.3 Å². The molecule has 0 bridgehead atoms. The van der Waals surface area contributed by atoms with E-state index in [9.17, 15) is 17.1 Å². The Kier molecular flexibility index (Phi) is 11.6. The predicted octanol–water partition coefficient (Wildman–Crippen LogP) is 5.44. The molecule has 1 amide bonds. The summed E-state index contributed by atoms with van der Waals surface area (Å²) in [7, 11) is -9.57. The van der Waals surface area contributed by atoms with E-state index in [2.05, 4.69) is 15.3 Å². The van der Waals surface area contributed by atoms with Crippen LogP contribution in [0.4, 0.5) is 21.3 Å². The van der Waals surface area contributed by atoms with Crippen LogP contribution in [0.3, 0.4) is 0 Å². The first-order chi connectivity index (χ1) is 20.5. The van der Waals surface area contributed by atoms with Crippen LogP contribution in [0.15, 0.2) is 71.6 Å². The Morgan fingerprint density at radius 1 is 0.864 bits per heavy atom. The smallest absolute Gasteiger partial charge is 0.383 e. The van der Waals surface area contributed by atoms with Gasteiger partial charge in [-0.3, -0.25) is 13.9 Å². The van der Waals surface area contributed by atoms with Crippen molar-refractivity contribution in [2.45, 2.75) is 30.6 Å². The number of nitrogens with two attached hydrogens (primary N) is 2. The third-order valence-corrected chi connectivity index (χ3v) is 7.51. The number of anilines is 3. The first-order valence-electron chi connectivity index (χ1n) is 12.5. The average Bonchev–Trinajstić information content (AvgIpc) is 2.92. The summed E-state index contributed by atoms with van der Waals surface area (Å²) in [5.41, 5.74) is 15.8. The normalized spacial score (nSPS) is 11.4. The quantitative estimate of drug-likeness (QED) is 0.0849. The Morgan fingerprint density at radius 3 is 2.11 bits per heavy atom. The fourth-order valence-corrected chi connectivity index (χ4v) is 4.87. The second-order valence-electron chi connectivity index (χ2n) is 9.19. The van der Waals surface area contributed by atoms with Crippen molar-refractivity contribution in [2.75, 3.05) is 16.8 Å². The number of unbranched alkanes of at least 4 members (excludes halogenated alkanes) is 1. The monoisotopic (exact) mass is 685 g/mol. The summed E-state index contributed by atoms with van der Waals surface area (Å²) in [5.74, 6) is -0.178. The highest BCUT2D eigenvalue weighted by Crippen LogP contribution is 2.33. The maximum absolute atomic E-state index is 13.2. The Labute approximate surface area is 263 Å². The Morgan fingerprint density at radius 2 is 1.50 bits per heavy atom. The van der Waals surface area contributed by atoms with Crippen LogP contribution in [0.25, 0.3) is 11.1 Å². The number of carbonyl (C=O) groups is 1. The molecule has 0 aliphatic rings. The molecule has 0 radical (unpaired) electrons. The molecule has 0 unspecified atom stereocenters. The van der Waals surface area contributed by atoms with E-state index in [0.717, 1.165) is 48.2 Å². The van der Waals surface area contributed by atoms with Crippen LogP contribution in [0.5, 0.6) is 0 Å². The molecule has 0 aliphatic carbocycles. The summed E-state index contributed by atoms with van der Waals surface area (Å²) in [4.78, 5) is 20.4. The zero-order valence-corrected chi connectivity index (χ0v) is 25.8. The number of nitrogen functional groups attached to an aromatic ring is 2. The van der Waals surface area contributed by atoms with E-state index in [1.54, 1.807) is 24.3 Å². The third-order valence-electron chi connectivity index (χ3n) is 5.96. The van der Waals surface area contributed by atoms with Crippen LogP contribution in [-0.2, 0) is 33.5 Å². The minimum Gasteiger partial charge on any atom is -0.383 e. The van der Waals surface area contributed by atoms with Crippen LogP contribution in [-0.4, -0.2) is 41.8 Å². The van der Waals surface area contributed by atoms with Crippen LogP contribution < -0.4 is 16.8 Å². The minimum absolute atomic E-state index is 0.0315. The predicted molar refractivity (Wildman–Crippen MR) is 166 cm³/mol. The number of nitrogens with one attached hydrogen (secondary N) is 1. The number of rotatable bonds is 9. The molecule has 0 atom stereocenters. The number of amides is 1.